The Labute approximate surface area is 169 Å². The number of hydrogen-bond acceptors (Lipinski definition) is 5. The molecule has 1 aliphatic rings. The van der Waals surface area contributed by atoms with Crippen LogP contribution < -0.4 is 10.9 Å². The van der Waals surface area contributed by atoms with Gasteiger partial charge in [-0.15, -0.1) is 11.3 Å². The second-order valence-corrected chi connectivity index (χ2v) is 10.1. The molecule has 7 heteroatoms. The molecule has 0 unspecified atom stereocenters. The molecular formula is C20H29N3O2S2. The van der Waals surface area contributed by atoms with Gasteiger partial charge in [0.25, 0.3) is 5.56 Å². The van der Waals surface area contributed by atoms with Crippen LogP contribution in [-0.4, -0.2) is 26.8 Å². The maximum atomic E-state index is 13.1. The highest BCUT2D eigenvalue weighted by Crippen LogP contribution is 2.36. The second kappa shape index (κ2) is 7.95. The third-order valence-corrected chi connectivity index (χ3v) is 7.52. The monoisotopic (exact) mass is 407 g/mol. The van der Waals surface area contributed by atoms with E-state index in [9.17, 15) is 9.59 Å². The second-order valence-electron chi connectivity index (χ2n) is 8.05. The van der Waals surface area contributed by atoms with E-state index in [-0.39, 0.29) is 22.8 Å². The maximum absolute atomic E-state index is 13.1. The minimum Gasteiger partial charge on any atom is -0.351 e. The summed E-state index contributed by atoms with van der Waals surface area (Å²) < 4.78 is 1.72. The molecule has 1 aliphatic carbocycles. The molecule has 0 saturated carbocycles. The van der Waals surface area contributed by atoms with Crippen molar-refractivity contribution in [2.75, 3.05) is 5.75 Å². The fourth-order valence-electron chi connectivity index (χ4n) is 3.43. The number of aryl methyl sites for hydroxylation is 1. The Balaban J connectivity index is 1.90. The highest BCUT2D eigenvalue weighted by Gasteiger charge is 2.25. The van der Waals surface area contributed by atoms with Gasteiger partial charge in [0.15, 0.2) is 5.16 Å². The van der Waals surface area contributed by atoms with Crippen molar-refractivity contribution in [2.24, 2.45) is 5.92 Å². The lowest BCUT2D eigenvalue weighted by molar-refractivity contribution is -0.120. The van der Waals surface area contributed by atoms with Crippen LogP contribution in [0.1, 0.15) is 57.9 Å². The molecule has 0 aliphatic heterocycles. The van der Waals surface area contributed by atoms with Gasteiger partial charge < -0.3 is 5.32 Å². The van der Waals surface area contributed by atoms with Crippen molar-refractivity contribution in [3.05, 3.63) is 20.8 Å². The predicted octanol–water partition coefficient (Wildman–Crippen LogP) is 4.00. The Bertz CT molecular complexity index is 914. The van der Waals surface area contributed by atoms with Gasteiger partial charge in [0.1, 0.15) is 4.83 Å². The van der Waals surface area contributed by atoms with E-state index in [1.807, 2.05) is 20.8 Å². The molecule has 1 atom stereocenters. The molecule has 0 radical (unpaired) electrons. The largest absolute Gasteiger partial charge is 0.351 e. The van der Waals surface area contributed by atoms with Crippen molar-refractivity contribution in [3.63, 3.8) is 0 Å². The van der Waals surface area contributed by atoms with Gasteiger partial charge in [0, 0.05) is 17.0 Å². The summed E-state index contributed by atoms with van der Waals surface area (Å²) in [4.78, 5) is 32.4. The van der Waals surface area contributed by atoms with E-state index in [1.54, 1.807) is 15.9 Å². The average Bonchev–Trinajstić information content (AvgIpc) is 2.97. The minimum absolute atomic E-state index is 0.0249. The lowest BCUT2D eigenvalue weighted by Crippen LogP contribution is -2.43. The van der Waals surface area contributed by atoms with Crippen molar-refractivity contribution < 1.29 is 4.79 Å². The van der Waals surface area contributed by atoms with Gasteiger partial charge in [0.2, 0.25) is 5.91 Å². The van der Waals surface area contributed by atoms with Gasteiger partial charge in [-0.05, 0) is 57.9 Å². The minimum atomic E-state index is -0.219. The van der Waals surface area contributed by atoms with Crippen LogP contribution in [0.25, 0.3) is 10.2 Å². The number of amides is 1. The van der Waals surface area contributed by atoms with Crippen LogP contribution >= 0.6 is 23.1 Å². The lowest BCUT2D eigenvalue weighted by Gasteiger charge is -2.24. The van der Waals surface area contributed by atoms with E-state index in [0.29, 0.717) is 17.6 Å². The quantitative estimate of drug-likeness (QED) is 0.581. The SMILES string of the molecule is CCn1c(SCC(=O)NC(C)(C)CC)nc2sc3c(c2c1=O)CC[C@H](C)C3. The predicted molar refractivity (Wildman–Crippen MR) is 114 cm³/mol. The normalized spacial score (nSPS) is 17.1. The maximum Gasteiger partial charge on any atom is 0.263 e. The Morgan fingerprint density at radius 2 is 2.15 bits per heavy atom. The van der Waals surface area contributed by atoms with Crippen LogP contribution in [0.15, 0.2) is 9.95 Å². The number of nitrogens with one attached hydrogen (secondary N) is 1. The van der Waals surface area contributed by atoms with Crippen molar-refractivity contribution in [2.45, 2.75) is 77.5 Å². The molecule has 2 aromatic heterocycles. The summed E-state index contributed by atoms with van der Waals surface area (Å²) in [6.45, 7) is 10.9. The van der Waals surface area contributed by atoms with E-state index in [2.05, 4.69) is 19.2 Å². The molecule has 2 heterocycles. The van der Waals surface area contributed by atoms with Crippen LogP contribution in [0.5, 0.6) is 0 Å². The highest BCUT2D eigenvalue weighted by molar-refractivity contribution is 7.99. The van der Waals surface area contributed by atoms with E-state index in [4.69, 9.17) is 4.98 Å². The zero-order valence-electron chi connectivity index (χ0n) is 16.8. The Morgan fingerprint density at radius 3 is 2.81 bits per heavy atom. The van der Waals surface area contributed by atoms with Gasteiger partial charge in [-0.2, -0.15) is 0 Å². The molecule has 0 fully saturated rings. The van der Waals surface area contributed by atoms with Gasteiger partial charge in [-0.3, -0.25) is 14.2 Å². The van der Waals surface area contributed by atoms with Gasteiger partial charge in [-0.25, -0.2) is 4.98 Å². The standard InChI is InChI=1S/C20H29N3O2S2/c1-6-20(4,5)22-15(24)11-26-19-21-17-16(18(25)23(19)7-2)13-9-8-12(3)10-14(13)27-17/h12H,6-11H2,1-5H3,(H,22,24)/t12-/m0/s1. The molecule has 0 bridgehead atoms. The van der Waals surface area contributed by atoms with Crippen LogP contribution in [0, 0.1) is 5.92 Å². The molecule has 148 valence electrons. The summed E-state index contributed by atoms with van der Waals surface area (Å²) in [5.41, 5.74) is 1.04. The number of carbonyl (C=O) groups is 1. The van der Waals surface area contributed by atoms with Crippen LogP contribution in [0.2, 0.25) is 0 Å². The summed E-state index contributed by atoms with van der Waals surface area (Å²) in [5, 5.41) is 4.49. The first-order chi connectivity index (χ1) is 12.8. The summed E-state index contributed by atoms with van der Waals surface area (Å²) in [6, 6.07) is 0. The first kappa shape index (κ1) is 20.4. The third kappa shape index (κ3) is 4.24. The highest BCUT2D eigenvalue weighted by atomic mass is 32.2. The number of aromatic nitrogens is 2. The summed E-state index contributed by atoms with van der Waals surface area (Å²) in [5.74, 6) is 0.908. The number of nitrogens with zero attached hydrogens (tertiary/aromatic N) is 2. The molecular weight excluding hydrogens is 378 g/mol. The van der Waals surface area contributed by atoms with Crippen molar-refractivity contribution in [1.82, 2.24) is 14.9 Å². The molecule has 27 heavy (non-hydrogen) atoms. The Hall–Kier alpha value is -1.34. The molecule has 2 aromatic rings. The molecule has 1 N–H and O–H groups in total. The number of hydrogen-bond donors (Lipinski definition) is 1. The summed E-state index contributed by atoms with van der Waals surface area (Å²) in [7, 11) is 0. The van der Waals surface area contributed by atoms with Crippen molar-refractivity contribution >= 4 is 39.2 Å². The van der Waals surface area contributed by atoms with E-state index in [0.717, 1.165) is 35.9 Å². The van der Waals surface area contributed by atoms with Gasteiger partial charge in [-0.1, -0.05) is 25.6 Å². The third-order valence-electron chi connectivity index (χ3n) is 5.39. The molecule has 3 rings (SSSR count). The van der Waals surface area contributed by atoms with E-state index in [1.165, 1.54) is 22.2 Å². The molecule has 1 amide bonds. The van der Waals surface area contributed by atoms with Crippen molar-refractivity contribution in [1.29, 1.82) is 0 Å². The van der Waals surface area contributed by atoms with Crippen LogP contribution in [0.3, 0.4) is 0 Å². The molecule has 5 nitrogen and oxygen atoms in total. The molecule has 0 aromatic carbocycles. The average molecular weight is 408 g/mol. The van der Waals surface area contributed by atoms with Gasteiger partial charge in [0.05, 0.1) is 11.1 Å². The first-order valence-electron chi connectivity index (χ1n) is 9.74. The summed E-state index contributed by atoms with van der Waals surface area (Å²) >= 11 is 3.01. The Kier molecular flexibility index (Phi) is 6.01. The number of thioether (sulfide) groups is 1. The number of rotatable bonds is 6. The fraction of sp³-hybridized carbons (Fsp3) is 0.650. The topological polar surface area (TPSA) is 64.0 Å². The zero-order chi connectivity index (χ0) is 19.8. The number of fused-ring (bicyclic) bond motifs is 3. The number of thiophene rings is 1. The lowest BCUT2D eigenvalue weighted by atomic mass is 9.89. The Morgan fingerprint density at radius 1 is 1.41 bits per heavy atom. The first-order valence-corrected chi connectivity index (χ1v) is 11.5. The smallest absolute Gasteiger partial charge is 0.263 e. The van der Waals surface area contributed by atoms with E-state index < -0.39 is 0 Å². The van der Waals surface area contributed by atoms with E-state index >= 15 is 0 Å². The molecule has 0 saturated heterocycles. The number of carbonyl (C=O) groups excluding carboxylic acids is 1. The zero-order valence-corrected chi connectivity index (χ0v) is 18.5. The molecule has 0 spiro atoms. The van der Waals surface area contributed by atoms with Gasteiger partial charge >= 0.3 is 0 Å². The summed E-state index contributed by atoms with van der Waals surface area (Å²) in [6.07, 6.45) is 4.01. The van der Waals surface area contributed by atoms with Crippen molar-refractivity contribution in [3.8, 4) is 0 Å². The van der Waals surface area contributed by atoms with Crippen LogP contribution in [-0.2, 0) is 24.2 Å². The van der Waals surface area contributed by atoms with Crippen LogP contribution in [0.4, 0.5) is 0 Å². The fourth-order valence-corrected chi connectivity index (χ4v) is 5.71.